The van der Waals surface area contributed by atoms with Crippen molar-refractivity contribution in [3.05, 3.63) is 77.9 Å². The molecule has 3 N–H and O–H groups in total. The smallest absolute Gasteiger partial charge is 0.398 e. The molecule has 140 valence electrons. The first-order valence-electron chi connectivity index (χ1n) is 8.20. The molecule has 1 heterocycles. The van der Waals surface area contributed by atoms with Gasteiger partial charge in [-0.1, -0.05) is 18.7 Å². The van der Waals surface area contributed by atoms with Gasteiger partial charge in [0.2, 0.25) is 0 Å². The van der Waals surface area contributed by atoms with Crippen LogP contribution < -0.4 is 11.1 Å². The number of imidazole rings is 1. The molecule has 2 aromatic carbocycles. The van der Waals surface area contributed by atoms with Gasteiger partial charge in [-0.3, -0.25) is 0 Å². The fourth-order valence-electron chi connectivity index (χ4n) is 2.71. The Morgan fingerprint density at radius 1 is 1.15 bits per heavy atom. The summed E-state index contributed by atoms with van der Waals surface area (Å²) in [4.78, 5) is 4.07. The van der Waals surface area contributed by atoms with E-state index in [-0.39, 0.29) is 5.69 Å². The molecule has 3 rings (SSSR count). The third-order valence-electron chi connectivity index (χ3n) is 4.27. The SMILES string of the molecule is C=C(Nc1cc(-n2ccnc2C)cc(C(F)(F)F)c1)c1ccc(C)c(N)c1. The normalized spacial score (nSPS) is 11.4. The Balaban J connectivity index is 2.00. The number of halogens is 3. The molecular weight excluding hydrogens is 353 g/mol. The Morgan fingerprint density at radius 3 is 2.48 bits per heavy atom. The topological polar surface area (TPSA) is 55.9 Å². The van der Waals surface area contributed by atoms with Crippen molar-refractivity contribution < 1.29 is 13.2 Å². The van der Waals surface area contributed by atoms with Crippen LogP contribution in [-0.4, -0.2) is 9.55 Å². The Kier molecular flexibility index (Phi) is 4.70. The van der Waals surface area contributed by atoms with Gasteiger partial charge in [0.1, 0.15) is 5.82 Å². The standard InChI is InChI=1S/C20H19F3N4/c1-12-4-5-15(8-19(12)24)13(2)26-17-9-16(20(21,22)23)10-18(11-17)27-7-6-25-14(27)3/h4-11,26H,2,24H2,1,3H3. The average Bonchev–Trinajstić information content (AvgIpc) is 3.02. The summed E-state index contributed by atoms with van der Waals surface area (Å²) in [6.45, 7) is 7.53. The van der Waals surface area contributed by atoms with Crippen molar-refractivity contribution in [3.8, 4) is 5.69 Å². The lowest BCUT2D eigenvalue weighted by Gasteiger charge is -2.16. The fourth-order valence-corrected chi connectivity index (χ4v) is 2.71. The Morgan fingerprint density at radius 2 is 1.89 bits per heavy atom. The average molecular weight is 372 g/mol. The molecule has 0 unspecified atom stereocenters. The molecule has 0 saturated carbocycles. The van der Waals surface area contributed by atoms with E-state index in [1.807, 2.05) is 19.1 Å². The third kappa shape index (κ3) is 3.97. The van der Waals surface area contributed by atoms with Gasteiger partial charge in [-0.05, 0) is 49.2 Å². The summed E-state index contributed by atoms with van der Waals surface area (Å²) in [5.41, 5.74) is 8.46. The van der Waals surface area contributed by atoms with E-state index in [0.717, 1.165) is 17.7 Å². The number of nitrogens with one attached hydrogen (secondary N) is 1. The van der Waals surface area contributed by atoms with E-state index in [2.05, 4.69) is 16.9 Å². The summed E-state index contributed by atoms with van der Waals surface area (Å²) in [7, 11) is 0. The minimum Gasteiger partial charge on any atom is -0.398 e. The maximum absolute atomic E-state index is 13.4. The zero-order valence-corrected chi connectivity index (χ0v) is 14.9. The van der Waals surface area contributed by atoms with E-state index in [4.69, 9.17) is 5.73 Å². The van der Waals surface area contributed by atoms with Crippen LogP contribution in [0.3, 0.4) is 0 Å². The highest BCUT2D eigenvalue weighted by molar-refractivity contribution is 5.78. The van der Waals surface area contributed by atoms with Crippen molar-refractivity contribution >= 4 is 17.1 Å². The van der Waals surface area contributed by atoms with Crippen molar-refractivity contribution in [2.45, 2.75) is 20.0 Å². The van der Waals surface area contributed by atoms with Crippen LogP contribution in [0.4, 0.5) is 24.5 Å². The highest BCUT2D eigenvalue weighted by Crippen LogP contribution is 2.34. The lowest BCUT2D eigenvalue weighted by molar-refractivity contribution is -0.137. The van der Waals surface area contributed by atoms with Crippen LogP contribution in [0.2, 0.25) is 0 Å². The van der Waals surface area contributed by atoms with Crippen molar-refractivity contribution in [1.82, 2.24) is 9.55 Å². The van der Waals surface area contributed by atoms with Crippen LogP contribution in [0.1, 0.15) is 22.5 Å². The quantitative estimate of drug-likeness (QED) is 0.621. The van der Waals surface area contributed by atoms with Gasteiger partial charge >= 0.3 is 6.18 Å². The molecule has 0 aliphatic rings. The molecule has 0 amide bonds. The molecule has 0 aliphatic carbocycles. The first-order valence-corrected chi connectivity index (χ1v) is 8.20. The van der Waals surface area contributed by atoms with Crippen LogP contribution in [0.5, 0.6) is 0 Å². The molecule has 1 aromatic heterocycles. The number of rotatable bonds is 4. The van der Waals surface area contributed by atoms with Crippen LogP contribution in [0.25, 0.3) is 11.4 Å². The molecule has 0 saturated heterocycles. The summed E-state index contributed by atoms with van der Waals surface area (Å²) in [5, 5.41) is 2.96. The maximum Gasteiger partial charge on any atom is 0.416 e. The summed E-state index contributed by atoms with van der Waals surface area (Å²) in [6, 6.07) is 9.15. The Hall–Kier alpha value is -3.22. The van der Waals surface area contributed by atoms with E-state index in [0.29, 0.717) is 28.5 Å². The van der Waals surface area contributed by atoms with Gasteiger partial charge in [0.15, 0.2) is 0 Å². The molecule has 0 aliphatic heterocycles. The van der Waals surface area contributed by atoms with E-state index in [1.54, 1.807) is 29.8 Å². The van der Waals surface area contributed by atoms with Crippen molar-refractivity contribution in [1.29, 1.82) is 0 Å². The molecule has 27 heavy (non-hydrogen) atoms. The van der Waals surface area contributed by atoms with Gasteiger partial charge in [-0.2, -0.15) is 13.2 Å². The van der Waals surface area contributed by atoms with Crippen molar-refractivity contribution in [3.63, 3.8) is 0 Å². The fraction of sp³-hybridized carbons (Fsp3) is 0.150. The number of benzene rings is 2. The number of aryl methyl sites for hydroxylation is 2. The number of anilines is 2. The summed E-state index contributed by atoms with van der Waals surface area (Å²) in [5.74, 6) is 0.588. The van der Waals surface area contributed by atoms with Gasteiger partial charge in [-0.25, -0.2) is 4.98 Å². The molecule has 0 atom stereocenters. The molecule has 3 aromatic rings. The number of hydrogen-bond acceptors (Lipinski definition) is 3. The van der Waals surface area contributed by atoms with E-state index in [1.165, 1.54) is 6.20 Å². The van der Waals surface area contributed by atoms with Crippen LogP contribution >= 0.6 is 0 Å². The first kappa shape index (κ1) is 18.6. The van der Waals surface area contributed by atoms with Crippen molar-refractivity contribution in [2.24, 2.45) is 0 Å². The number of nitrogens with zero attached hydrogens (tertiary/aromatic N) is 2. The number of nitrogens with two attached hydrogens (primary N) is 1. The van der Waals surface area contributed by atoms with E-state index >= 15 is 0 Å². The highest BCUT2D eigenvalue weighted by Gasteiger charge is 2.31. The number of aromatic nitrogens is 2. The van der Waals surface area contributed by atoms with Crippen LogP contribution in [0.15, 0.2) is 55.4 Å². The predicted octanol–water partition coefficient (Wildman–Crippen LogP) is 5.17. The second kappa shape index (κ2) is 6.83. The van der Waals surface area contributed by atoms with Gasteiger partial charge < -0.3 is 15.6 Å². The number of alkyl halides is 3. The van der Waals surface area contributed by atoms with Crippen LogP contribution in [-0.2, 0) is 6.18 Å². The molecule has 0 bridgehead atoms. The Labute approximate surface area is 155 Å². The molecule has 7 heteroatoms. The van der Waals surface area contributed by atoms with Gasteiger partial charge in [0.25, 0.3) is 0 Å². The van der Waals surface area contributed by atoms with Gasteiger partial charge in [0.05, 0.1) is 5.56 Å². The highest BCUT2D eigenvalue weighted by atomic mass is 19.4. The maximum atomic E-state index is 13.4. The molecular formula is C20H19F3N4. The number of nitrogen functional groups attached to an aromatic ring is 1. The largest absolute Gasteiger partial charge is 0.416 e. The lowest BCUT2D eigenvalue weighted by atomic mass is 10.1. The van der Waals surface area contributed by atoms with Crippen LogP contribution in [0, 0.1) is 13.8 Å². The zero-order chi connectivity index (χ0) is 19.8. The Bertz CT molecular complexity index is 1000. The first-order chi connectivity index (χ1) is 12.6. The third-order valence-corrected chi connectivity index (χ3v) is 4.27. The summed E-state index contributed by atoms with van der Waals surface area (Å²) in [6.07, 6.45) is -1.32. The summed E-state index contributed by atoms with van der Waals surface area (Å²) >= 11 is 0. The van der Waals surface area contributed by atoms with Crippen molar-refractivity contribution in [2.75, 3.05) is 11.1 Å². The van der Waals surface area contributed by atoms with E-state index < -0.39 is 11.7 Å². The minimum atomic E-state index is -4.48. The second-order valence-corrected chi connectivity index (χ2v) is 6.29. The predicted molar refractivity (Wildman–Crippen MR) is 102 cm³/mol. The molecule has 4 nitrogen and oxygen atoms in total. The van der Waals surface area contributed by atoms with Gasteiger partial charge in [0, 0.05) is 35.2 Å². The lowest BCUT2D eigenvalue weighted by Crippen LogP contribution is -2.09. The second-order valence-electron chi connectivity index (χ2n) is 6.29. The molecule has 0 fully saturated rings. The number of hydrogen-bond donors (Lipinski definition) is 2. The zero-order valence-electron chi connectivity index (χ0n) is 14.9. The monoisotopic (exact) mass is 372 g/mol. The molecule has 0 radical (unpaired) electrons. The molecule has 0 spiro atoms. The van der Waals surface area contributed by atoms with E-state index in [9.17, 15) is 13.2 Å². The van der Waals surface area contributed by atoms with Gasteiger partial charge in [-0.15, -0.1) is 0 Å². The minimum absolute atomic E-state index is 0.275. The summed E-state index contributed by atoms with van der Waals surface area (Å²) < 4.78 is 41.7.